The molecular weight excluding hydrogens is 606 g/mol. The Morgan fingerprint density at radius 3 is 1.87 bits per heavy atom. The monoisotopic (exact) mass is 658 g/mol. The minimum absolute atomic E-state index is 0. The van der Waals surface area contributed by atoms with Gasteiger partial charge in [-0.3, -0.25) is 0 Å². The SMILES string of the molecule is CC[N+](C)(C)C1CCC2(C)C(CCC3C2CCC2(C)C3CCC2[N+](C)(C)CC)C1.[I-].[I-]. The smallest absolute Gasteiger partial charge is 0.0943 e. The molecule has 4 fully saturated rings. The summed E-state index contributed by atoms with van der Waals surface area (Å²) in [7, 11) is 9.99. The van der Waals surface area contributed by atoms with Crippen LogP contribution in [0.5, 0.6) is 0 Å². The van der Waals surface area contributed by atoms with Gasteiger partial charge in [0.2, 0.25) is 0 Å². The number of halogens is 2. The van der Waals surface area contributed by atoms with E-state index in [1.54, 1.807) is 6.42 Å². The molecule has 4 aliphatic rings. The maximum Gasteiger partial charge on any atom is 0.0943 e. The Hall–Kier alpha value is 1.38. The van der Waals surface area contributed by atoms with Gasteiger partial charge in [-0.25, -0.2) is 0 Å². The molecule has 0 radical (unpaired) electrons. The third kappa shape index (κ3) is 4.52. The van der Waals surface area contributed by atoms with E-state index in [1.807, 2.05) is 0 Å². The molecule has 0 amide bonds. The van der Waals surface area contributed by atoms with Crippen molar-refractivity contribution in [2.24, 2.45) is 34.5 Å². The van der Waals surface area contributed by atoms with Gasteiger partial charge in [-0.15, -0.1) is 0 Å². The van der Waals surface area contributed by atoms with Crippen molar-refractivity contribution >= 4 is 0 Å². The molecule has 0 aromatic rings. The molecule has 8 atom stereocenters. The van der Waals surface area contributed by atoms with Gasteiger partial charge in [0.15, 0.2) is 0 Å². The van der Waals surface area contributed by atoms with Gasteiger partial charge in [0.05, 0.1) is 53.4 Å². The average Bonchev–Trinajstić information content (AvgIpc) is 3.05. The van der Waals surface area contributed by atoms with Gasteiger partial charge in [-0.05, 0) is 87.9 Å². The second-order valence-electron chi connectivity index (χ2n) is 13.4. The van der Waals surface area contributed by atoms with Gasteiger partial charge in [0.25, 0.3) is 0 Å². The summed E-state index contributed by atoms with van der Waals surface area (Å²) < 4.78 is 2.49. The van der Waals surface area contributed by atoms with Gasteiger partial charge >= 0.3 is 0 Å². The highest BCUT2D eigenvalue weighted by Gasteiger charge is 2.63. The molecule has 184 valence electrons. The zero-order chi connectivity index (χ0) is 21.2. The van der Waals surface area contributed by atoms with Crippen molar-refractivity contribution in [1.29, 1.82) is 0 Å². The van der Waals surface area contributed by atoms with Crippen molar-refractivity contribution in [1.82, 2.24) is 0 Å². The Labute approximate surface area is 228 Å². The van der Waals surface area contributed by atoms with Gasteiger partial charge in [0, 0.05) is 18.3 Å². The molecule has 0 spiro atoms. The molecule has 0 bridgehead atoms. The van der Waals surface area contributed by atoms with Crippen LogP contribution in [0.1, 0.15) is 85.5 Å². The predicted octanol–water partition coefficient (Wildman–Crippen LogP) is -0.0331. The van der Waals surface area contributed by atoms with E-state index in [4.69, 9.17) is 0 Å². The van der Waals surface area contributed by atoms with Crippen molar-refractivity contribution < 1.29 is 56.9 Å². The van der Waals surface area contributed by atoms with Crippen LogP contribution in [0.3, 0.4) is 0 Å². The first-order valence-corrected chi connectivity index (χ1v) is 13.1. The van der Waals surface area contributed by atoms with E-state index in [2.05, 4.69) is 55.9 Å². The van der Waals surface area contributed by atoms with Crippen LogP contribution in [-0.2, 0) is 0 Å². The standard InChI is InChI=1S/C27H52N2.2HI/c1-9-28(5,6)21-15-17-26(3)20(19-21)11-12-22-23-13-14-25(29(7,8)10-2)27(23,4)18-16-24(22)26;;/h20-25H,9-19H2,1-8H3;2*1H/q+2;;/p-2. The molecule has 8 unspecified atom stereocenters. The molecule has 0 saturated heterocycles. The number of hydrogen-bond acceptors (Lipinski definition) is 0. The summed E-state index contributed by atoms with van der Waals surface area (Å²) in [5.74, 6) is 4.06. The van der Waals surface area contributed by atoms with Crippen LogP contribution in [-0.4, -0.2) is 62.3 Å². The summed E-state index contributed by atoms with van der Waals surface area (Å²) in [6.07, 6.45) is 13.6. The predicted molar refractivity (Wildman–Crippen MR) is 125 cm³/mol. The second-order valence-corrected chi connectivity index (χ2v) is 13.4. The van der Waals surface area contributed by atoms with E-state index in [1.165, 1.54) is 73.4 Å². The first kappa shape index (κ1) is 28.6. The number of quaternary nitrogens is 2. The topological polar surface area (TPSA) is 0 Å². The van der Waals surface area contributed by atoms with Crippen LogP contribution >= 0.6 is 0 Å². The summed E-state index contributed by atoms with van der Waals surface area (Å²) in [6, 6.07) is 1.80. The van der Waals surface area contributed by atoms with Crippen molar-refractivity contribution in [3.05, 3.63) is 0 Å². The van der Waals surface area contributed by atoms with Crippen LogP contribution < -0.4 is 48.0 Å². The van der Waals surface area contributed by atoms with Crippen LogP contribution in [0.4, 0.5) is 0 Å². The zero-order valence-electron chi connectivity index (χ0n) is 21.9. The molecule has 4 saturated carbocycles. The quantitative estimate of drug-likeness (QED) is 0.295. The molecule has 31 heavy (non-hydrogen) atoms. The first-order valence-electron chi connectivity index (χ1n) is 13.1. The Morgan fingerprint density at radius 2 is 1.26 bits per heavy atom. The second kappa shape index (κ2) is 9.79. The van der Waals surface area contributed by atoms with E-state index in [0.717, 1.165) is 35.8 Å². The maximum absolute atomic E-state index is 2.75. The highest BCUT2D eigenvalue weighted by Crippen LogP contribution is 2.67. The lowest BCUT2D eigenvalue weighted by Gasteiger charge is -2.62. The Balaban J connectivity index is 0.00000171. The Kier molecular flexibility index (Phi) is 9.04. The van der Waals surface area contributed by atoms with Crippen molar-refractivity contribution in [2.75, 3.05) is 41.3 Å². The van der Waals surface area contributed by atoms with Crippen LogP contribution in [0.2, 0.25) is 0 Å². The van der Waals surface area contributed by atoms with Gasteiger partial charge in [0.1, 0.15) is 0 Å². The lowest BCUT2D eigenvalue weighted by molar-refractivity contribution is -0.920. The zero-order valence-corrected chi connectivity index (χ0v) is 26.2. The molecule has 4 heteroatoms. The fourth-order valence-electron chi connectivity index (χ4n) is 9.47. The van der Waals surface area contributed by atoms with Gasteiger partial charge in [-0.1, -0.05) is 13.8 Å². The summed E-state index contributed by atoms with van der Waals surface area (Å²) in [4.78, 5) is 0. The van der Waals surface area contributed by atoms with Crippen LogP contribution in [0.25, 0.3) is 0 Å². The molecule has 0 heterocycles. The lowest BCUT2D eigenvalue weighted by Crippen LogP contribution is -3.00. The summed E-state index contributed by atoms with van der Waals surface area (Å²) in [5, 5.41) is 0. The molecule has 4 aliphatic carbocycles. The van der Waals surface area contributed by atoms with Crippen molar-refractivity contribution in [3.63, 3.8) is 0 Å². The molecule has 0 aliphatic heterocycles. The number of fused-ring (bicyclic) bond motifs is 5. The fraction of sp³-hybridized carbons (Fsp3) is 1.00. The summed E-state index contributed by atoms with van der Waals surface area (Å²) in [6.45, 7) is 12.8. The molecule has 0 aromatic heterocycles. The van der Waals surface area contributed by atoms with E-state index in [0.29, 0.717) is 10.8 Å². The van der Waals surface area contributed by atoms with Crippen LogP contribution in [0.15, 0.2) is 0 Å². The van der Waals surface area contributed by atoms with E-state index < -0.39 is 0 Å². The number of hydrogen-bond donors (Lipinski definition) is 0. The highest BCUT2D eigenvalue weighted by atomic mass is 127. The van der Waals surface area contributed by atoms with Gasteiger partial charge < -0.3 is 56.9 Å². The molecule has 4 rings (SSSR count). The third-order valence-electron chi connectivity index (χ3n) is 12.1. The van der Waals surface area contributed by atoms with E-state index in [-0.39, 0.29) is 48.0 Å². The fourth-order valence-corrected chi connectivity index (χ4v) is 9.47. The average molecular weight is 659 g/mol. The summed E-state index contributed by atoms with van der Waals surface area (Å²) in [5.41, 5.74) is 1.24. The van der Waals surface area contributed by atoms with Crippen molar-refractivity contribution in [3.8, 4) is 0 Å². The maximum atomic E-state index is 2.75. The summed E-state index contributed by atoms with van der Waals surface area (Å²) >= 11 is 0. The molecule has 2 nitrogen and oxygen atoms in total. The van der Waals surface area contributed by atoms with Gasteiger partial charge in [-0.2, -0.15) is 0 Å². The molecule has 0 N–H and O–H groups in total. The minimum Gasteiger partial charge on any atom is -1.00 e. The third-order valence-corrected chi connectivity index (χ3v) is 12.1. The van der Waals surface area contributed by atoms with Crippen molar-refractivity contribution in [2.45, 2.75) is 97.6 Å². The highest BCUT2D eigenvalue weighted by molar-refractivity contribution is 5.09. The number of nitrogens with zero attached hydrogens (tertiary/aromatic N) is 2. The Morgan fingerprint density at radius 1 is 0.677 bits per heavy atom. The van der Waals surface area contributed by atoms with E-state index in [9.17, 15) is 0 Å². The lowest BCUT2D eigenvalue weighted by atomic mass is 9.44. The van der Waals surface area contributed by atoms with E-state index >= 15 is 0 Å². The largest absolute Gasteiger partial charge is 1.00 e. The number of rotatable bonds is 4. The Bertz CT molecular complexity index is 620. The molecular formula is C27H52I2N2. The molecule has 0 aromatic carbocycles. The first-order chi connectivity index (χ1) is 13.5. The van der Waals surface area contributed by atoms with Crippen LogP contribution in [0, 0.1) is 34.5 Å². The normalized spacial score (nSPS) is 44.9. The minimum atomic E-state index is 0.